The lowest BCUT2D eigenvalue weighted by atomic mass is 10.0. The highest BCUT2D eigenvalue weighted by molar-refractivity contribution is 5.82. The lowest BCUT2D eigenvalue weighted by Gasteiger charge is -2.28. The van der Waals surface area contributed by atoms with Gasteiger partial charge in [-0.15, -0.1) is 0 Å². The largest absolute Gasteiger partial charge is 0.293 e. The van der Waals surface area contributed by atoms with E-state index < -0.39 is 0 Å². The number of carbonyl (C=O) groups is 1. The predicted octanol–water partition coefficient (Wildman–Crippen LogP) is 1.70. The van der Waals surface area contributed by atoms with E-state index in [4.69, 9.17) is 5.84 Å². The van der Waals surface area contributed by atoms with E-state index in [0.717, 1.165) is 18.5 Å². The molecule has 18 heavy (non-hydrogen) atoms. The van der Waals surface area contributed by atoms with Crippen molar-refractivity contribution >= 4 is 5.91 Å². The standard InChI is InChI=1S/C14H23N3O/c1-4-11(2)10-17(3)13(14(18)16-15)12-8-6-5-7-9-12/h5-9,11,13H,4,10,15H2,1-3H3,(H,16,18). The molecule has 1 rings (SSSR count). The Bertz CT molecular complexity index is 367. The van der Waals surface area contributed by atoms with E-state index in [1.165, 1.54) is 0 Å². The van der Waals surface area contributed by atoms with Gasteiger partial charge in [-0.2, -0.15) is 0 Å². The molecule has 2 atom stereocenters. The summed E-state index contributed by atoms with van der Waals surface area (Å²) in [6, 6.07) is 9.38. The van der Waals surface area contributed by atoms with Crippen molar-refractivity contribution in [2.45, 2.75) is 26.3 Å². The van der Waals surface area contributed by atoms with Gasteiger partial charge < -0.3 is 0 Å². The third kappa shape index (κ3) is 3.82. The van der Waals surface area contributed by atoms with E-state index in [-0.39, 0.29) is 11.9 Å². The second-order valence-corrected chi connectivity index (χ2v) is 4.77. The molecule has 0 spiro atoms. The Kier molecular flexibility index (Phi) is 5.82. The summed E-state index contributed by atoms with van der Waals surface area (Å²) in [7, 11) is 1.96. The van der Waals surface area contributed by atoms with Crippen LogP contribution in [-0.2, 0) is 4.79 Å². The van der Waals surface area contributed by atoms with Gasteiger partial charge in [0.25, 0.3) is 5.91 Å². The summed E-state index contributed by atoms with van der Waals surface area (Å²) in [5, 5.41) is 0. The summed E-state index contributed by atoms with van der Waals surface area (Å²) in [5.74, 6) is 5.66. The number of nitrogens with one attached hydrogen (secondary N) is 1. The number of nitrogens with zero attached hydrogens (tertiary/aromatic N) is 1. The van der Waals surface area contributed by atoms with Crippen molar-refractivity contribution in [2.24, 2.45) is 11.8 Å². The molecule has 0 saturated heterocycles. The van der Waals surface area contributed by atoms with Crippen LogP contribution >= 0.6 is 0 Å². The van der Waals surface area contributed by atoms with Crippen LogP contribution in [0.2, 0.25) is 0 Å². The third-order valence-corrected chi connectivity index (χ3v) is 3.24. The molecule has 0 heterocycles. The number of likely N-dealkylation sites (N-methyl/N-ethyl adjacent to an activating group) is 1. The Hall–Kier alpha value is -1.39. The molecular weight excluding hydrogens is 226 g/mol. The molecule has 0 bridgehead atoms. The number of hydrogen-bond acceptors (Lipinski definition) is 3. The zero-order valence-electron chi connectivity index (χ0n) is 11.4. The highest BCUT2D eigenvalue weighted by atomic mass is 16.2. The lowest BCUT2D eigenvalue weighted by Crippen LogP contribution is -2.43. The van der Waals surface area contributed by atoms with Crippen LogP contribution in [0.25, 0.3) is 0 Å². The molecule has 0 radical (unpaired) electrons. The second-order valence-electron chi connectivity index (χ2n) is 4.77. The number of hydrazine groups is 1. The molecule has 0 aromatic heterocycles. The van der Waals surface area contributed by atoms with Gasteiger partial charge in [0, 0.05) is 6.54 Å². The fraction of sp³-hybridized carbons (Fsp3) is 0.500. The van der Waals surface area contributed by atoms with Crippen molar-refractivity contribution in [3.63, 3.8) is 0 Å². The van der Waals surface area contributed by atoms with Crippen LogP contribution in [-0.4, -0.2) is 24.4 Å². The number of hydrogen-bond donors (Lipinski definition) is 2. The van der Waals surface area contributed by atoms with Crippen molar-refractivity contribution in [3.05, 3.63) is 35.9 Å². The van der Waals surface area contributed by atoms with Gasteiger partial charge in [0.1, 0.15) is 6.04 Å². The molecule has 0 aliphatic carbocycles. The van der Waals surface area contributed by atoms with Crippen LogP contribution in [0.3, 0.4) is 0 Å². The van der Waals surface area contributed by atoms with Crippen molar-refractivity contribution in [3.8, 4) is 0 Å². The van der Waals surface area contributed by atoms with E-state index in [1.807, 2.05) is 42.3 Å². The highest BCUT2D eigenvalue weighted by Crippen LogP contribution is 2.20. The zero-order chi connectivity index (χ0) is 13.5. The van der Waals surface area contributed by atoms with E-state index in [1.54, 1.807) is 0 Å². The third-order valence-electron chi connectivity index (χ3n) is 3.24. The number of benzene rings is 1. The SMILES string of the molecule is CCC(C)CN(C)C(C(=O)NN)c1ccccc1. The topological polar surface area (TPSA) is 58.4 Å². The minimum Gasteiger partial charge on any atom is -0.293 e. The summed E-state index contributed by atoms with van der Waals surface area (Å²) in [5.41, 5.74) is 3.22. The van der Waals surface area contributed by atoms with Crippen LogP contribution in [0.15, 0.2) is 30.3 Å². The van der Waals surface area contributed by atoms with Gasteiger partial charge in [-0.1, -0.05) is 50.6 Å². The molecule has 2 unspecified atom stereocenters. The van der Waals surface area contributed by atoms with Gasteiger partial charge in [-0.05, 0) is 18.5 Å². The van der Waals surface area contributed by atoms with Gasteiger partial charge >= 0.3 is 0 Å². The molecule has 4 nitrogen and oxygen atoms in total. The number of amides is 1. The fourth-order valence-corrected chi connectivity index (χ4v) is 2.05. The van der Waals surface area contributed by atoms with Gasteiger partial charge in [0.15, 0.2) is 0 Å². The molecule has 0 saturated carbocycles. The smallest absolute Gasteiger partial charge is 0.255 e. The molecular formula is C14H23N3O. The first-order valence-electron chi connectivity index (χ1n) is 6.35. The molecule has 1 aromatic rings. The maximum absolute atomic E-state index is 11.9. The maximum Gasteiger partial charge on any atom is 0.255 e. The first kappa shape index (κ1) is 14.7. The van der Waals surface area contributed by atoms with Gasteiger partial charge in [0.05, 0.1) is 0 Å². The Morgan fingerprint density at radius 1 is 1.39 bits per heavy atom. The van der Waals surface area contributed by atoms with E-state index in [2.05, 4.69) is 19.3 Å². The zero-order valence-corrected chi connectivity index (χ0v) is 11.4. The Labute approximate surface area is 109 Å². The number of nitrogens with two attached hydrogens (primary N) is 1. The Balaban J connectivity index is 2.89. The summed E-state index contributed by atoms with van der Waals surface area (Å²) in [6.45, 7) is 5.20. The van der Waals surface area contributed by atoms with E-state index in [0.29, 0.717) is 5.92 Å². The van der Waals surface area contributed by atoms with Crippen LogP contribution in [0.1, 0.15) is 31.9 Å². The molecule has 1 aromatic carbocycles. The Morgan fingerprint density at radius 2 is 2.00 bits per heavy atom. The molecule has 4 heteroatoms. The van der Waals surface area contributed by atoms with E-state index >= 15 is 0 Å². The molecule has 1 amide bonds. The maximum atomic E-state index is 11.9. The summed E-state index contributed by atoms with van der Waals surface area (Å²) >= 11 is 0. The quantitative estimate of drug-likeness (QED) is 0.458. The monoisotopic (exact) mass is 249 g/mol. The molecule has 100 valence electrons. The van der Waals surface area contributed by atoms with Gasteiger partial charge in [-0.25, -0.2) is 5.84 Å². The summed E-state index contributed by atoms with van der Waals surface area (Å²) in [6.07, 6.45) is 1.09. The Morgan fingerprint density at radius 3 is 2.50 bits per heavy atom. The highest BCUT2D eigenvalue weighted by Gasteiger charge is 2.24. The van der Waals surface area contributed by atoms with Gasteiger partial charge in [0.2, 0.25) is 0 Å². The molecule has 3 N–H and O–H groups in total. The van der Waals surface area contributed by atoms with Crippen LogP contribution in [0.5, 0.6) is 0 Å². The number of rotatable bonds is 6. The van der Waals surface area contributed by atoms with Crippen molar-refractivity contribution < 1.29 is 4.79 Å². The summed E-state index contributed by atoms with van der Waals surface area (Å²) in [4.78, 5) is 14.0. The van der Waals surface area contributed by atoms with Crippen molar-refractivity contribution in [1.29, 1.82) is 0 Å². The molecule has 0 aliphatic heterocycles. The molecule has 0 fully saturated rings. The van der Waals surface area contributed by atoms with E-state index in [9.17, 15) is 4.79 Å². The molecule has 0 aliphatic rings. The summed E-state index contributed by atoms with van der Waals surface area (Å²) < 4.78 is 0. The number of carbonyl (C=O) groups excluding carboxylic acids is 1. The normalized spacial score (nSPS) is 14.3. The lowest BCUT2D eigenvalue weighted by molar-refractivity contribution is -0.126. The van der Waals surface area contributed by atoms with Crippen LogP contribution < -0.4 is 11.3 Å². The van der Waals surface area contributed by atoms with Crippen LogP contribution in [0, 0.1) is 5.92 Å². The first-order chi connectivity index (χ1) is 8.60. The van der Waals surface area contributed by atoms with Crippen molar-refractivity contribution in [2.75, 3.05) is 13.6 Å². The fourth-order valence-electron chi connectivity index (χ4n) is 2.05. The second kappa shape index (κ2) is 7.13. The average molecular weight is 249 g/mol. The first-order valence-corrected chi connectivity index (χ1v) is 6.35. The minimum atomic E-state index is -0.329. The van der Waals surface area contributed by atoms with Gasteiger partial charge in [-0.3, -0.25) is 15.1 Å². The predicted molar refractivity (Wildman–Crippen MR) is 73.6 cm³/mol. The average Bonchev–Trinajstić information content (AvgIpc) is 2.39. The van der Waals surface area contributed by atoms with Crippen molar-refractivity contribution in [1.82, 2.24) is 10.3 Å². The van der Waals surface area contributed by atoms with Crippen LogP contribution in [0.4, 0.5) is 0 Å². The minimum absolute atomic E-state index is 0.174.